The molecule has 0 saturated carbocycles. The van der Waals surface area contributed by atoms with Crippen LogP contribution < -0.4 is 0 Å². The molecule has 0 amide bonds. The fourth-order valence-electron chi connectivity index (χ4n) is 3.46. The number of halogens is 1. The van der Waals surface area contributed by atoms with Gasteiger partial charge in [0.2, 0.25) is 0 Å². The number of H-pyrrole nitrogens is 1. The van der Waals surface area contributed by atoms with Gasteiger partial charge in [-0.3, -0.25) is 14.4 Å². The molecule has 2 atom stereocenters. The van der Waals surface area contributed by atoms with E-state index in [-0.39, 0.29) is 6.67 Å². The number of nitrogens with zero attached hydrogens (tertiary/aromatic N) is 2. The minimum Gasteiger partial charge on any atom is -0.300 e. The molecule has 1 aliphatic carbocycles. The van der Waals surface area contributed by atoms with Gasteiger partial charge in [0.05, 0.1) is 12.4 Å². The van der Waals surface area contributed by atoms with Crippen LogP contribution in [0.25, 0.3) is 0 Å². The SMILES string of the molecule is FCCCN1CCC[C@@H]2Cc3n[nH]cc3C[C@H]21. The Hall–Kier alpha value is -0.900. The molecule has 0 spiro atoms. The lowest BCUT2D eigenvalue weighted by Gasteiger charge is -2.43. The van der Waals surface area contributed by atoms with Gasteiger partial charge in [-0.1, -0.05) is 0 Å². The van der Waals surface area contributed by atoms with Crippen LogP contribution in [0.4, 0.5) is 4.39 Å². The smallest absolute Gasteiger partial charge is 0.0906 e. The third-order valence-electron chi connectivity index (χ3n) is 4.31. The van der Waals surface area contributed by atoms with Crippen molar-refractivity contribution in [2.24, 2.45) is 5.92 Å². The molecule has 1 aromatic rings. The summed E-state index contributed by atoms with van der Waals surface area (Å²) >= 11 is 0. The highest BCUT2D eigenvalue weighted by Gasteiger charge is 2.35. The average Bonchev–Trinajstić information content (AvgIpc) is 2.80. The second-order valence-electron chi connectivity index (χ2n) is 5.31. The molecule has 0 unspecified atom stereocenters. The van der Waals surface area contributed by atoms with Crippen LogP contribution in [0.15, 0.2) is 6.20 Å². The van der Waals surface area contributed by atoms with Crippen LogP contribution in [-0.2, 0) is 12.8 Å². The summed E-state index contributed by atoms with van der Waals surface area (Å²) in [4.78, 5) is 2.50. The van der Waals surface area contributed by atoms with Crippen LogP contribution in [0.2, 0.25) is 0 Å². The molecule has 2 aliphatic rings. The van der Waals surface area contributed by atoms with Crippen LogP contribution in [-0.4, -0.2) is 40.9 Å². The Kier molecular flexibility index (Phi) is 3.14. The summed E-state index contributed by atoms with van der Waals surface area (Å²) in [6.07, 6.45) is 7.49. The first kappa shape index (κ1) is 11.2. The van der Waals surface area contributed by atoms with E-state index in [1.54, 1.807) is 0 Å². The van der Waals surface area contributed by atoms with Gasteiger partial charge in [-0.2, -0.15) is 5.10 Å². The van der Waals surface area contributed by atoms with E-state index in [4.69, 9.17) is 0 Å². The Morgan fingerprint density at radius 1 is 1.47 bits per heavy atom. The fourth-order valence-corrected chi connectivity index (χ4v) is 3.46. The van der Waals surface area contributed by atoms with E-state index in [0.29, 0.717) is 12.5 Å². The largest absolute Gasteiger partial charge is 0.300 e. The molecule has 1 aromatic heterocycles. The minimum atomic E-state index is -0.190. The third-order valence-corrected chi connectivity index (χ3v) is 4.31. The standard InChI is InChI=1S/C13H20FN3/c14-4-2-6-17-5-1-3-10-7-12-11(8-13(10)17)9-15-16-12/h9-10,13H,1-8H2,(H,15,16)/t10-,13-/m1/s1. The summed E-state index contributed by atoms with van der Waals surface area (Å²) < 4.78 is 12.3. The molecular formula is C13H20FN3. The van der Waals surface area contributed by atoms with Crippen LogP contribution in [0.1, 0.15) is 30.5 Å². The zero-order valence-electron chi connectivity index (χ0n) is 10.2. The normalized spacial score (nSPS) is 28.8. The van der Waals surface area contributed by atoms with Crippen LogP contribution in [0.3, 0.4) is 0 Å². The van der Waals surface area contributed by atoms with Crippen molar-refractivity contribution in [1.82, 2.24) is 15.1 Å². The van der Waals surface area contributed by atoms with Crippen molar-refractivity contribution in [3.8, 4) is 0 Å². The third kappa shape index (κ3) is 2.10. The van der Waals surface area contributed by atoms with E-state index in [1.165, 1.54) is 24.1 Å². The molecule has 0 radical (unpaired) electrons. The molecule has 94 valence electrons. The quantitative estimate of drug-likeness (QED) is 0.871. The Bertz CT molecular complexity index is 376. The van der Waals surface area contributed by atoms with Crippen molar-refractivity contribution in [3.05, 3.63) is 17.5 Å². The van der Waals surface area contributed by atoms with Gasteiger partial charge in [-0.05, 0) is 50.1 Å². The maximum atomic E-state index is 12.3. The topological polar surface area (TPSA) is 31.9 Å². The molecule has 0 bridgehead atoms. The molecule has 1 N–H and O–H groups in total. The van der Waals surface area contributed by atoms with Gasteiger partial charge in [0, 0.05) is 18.8 Å². The number of hydrogen-bond donors (Lipinski definition) is 1. The van der Waals surface area contributed by atoms with Crippen molar-refractivity contribution in [1.29, 1.82) is 0 Å². The molecule has 0 aromatic carbocycles. The number of aromatic nitrogens is 2. The summed E-state index contributed by atoms with van der Waals surface area (Å²) in [5.41, 5.74) is 2.64. The van der Waals surface area contributed by atoms with Gasteiger partial charge < -0.3 is 0 Å². The van der Waals surface area contributed by atoms with Gasteiger partial charge in [-0.15, -0.1) is 0 Å². The average molecular weight is 237 g/mol. The number of nitrogens with one attached hydrogen (secondary N) is 1. The van der Waals surface area contributed by atoms with E-state index in [0.717, 1.165) is 31.8 Å². The van der Waals surface area contributed by atoms with Crippen molar-refractivity contribution in [2.45, 2.75) is 38.1 Å². The van der Waals surface area contributed by atoms with E-state index in [2.05, 4.69) is 15.1 Å². The highest BCUT2D eigenvalue weighted by molar-refractivity contribution is 5.23. The summed E-state index contributed by atoms with van der Waals surface area (Å²) in [6, 6.07) is 0.625. The summed E-state index contributed by atoms with van der Waals surface area (Å²) in [5, 5.41) is 7.31. The Morgan fingerprint density at radius 3 is 3.29 bits per heavy atom. The molecular weight excluding hydrogens is 217 g/mol. The van der Waals surface area contributed by atoms with Gasteiger partial charge in [0.1, 0.15) is 0 Å². The van der Waals surface area contributed by atoms with Crippen molar-refractivity contribution in [3.63, 3.8) is 0 Å². The predicted molar refractivity (Wildman–Crippen MR) is 64.7 cm³/mol. The maximum absolute atomic E-state index is 12.3. The van der Waals surface area contributed by atoms with Gasteiger partial charge >= 0.3 is 0 Å². The van der Waals surface area contributed by atoms with E-state index >= 15 is 0 Å². The number of hydrogen-bond acceptors (Lipinski definition) is 2. The molecule has 4 heteroatoms. The lowest BCUT2D eigenvalue weighted by atomic mass is 9.77. The zero-order valence-corrected chi connectivity index (χ0v) is 10.2. The molecule has 17 heavy (non-hydrogen) atoms. The van der Waals surface area contributed by atoms with Crippen molar-refractivity contribution < 1.29 is 4.39 Å². The molecule has 1 aliphatic heterocycles. The van der Waals surface area contributed by atoms with Gasteiger partial charge in [-0.25, -0.2) is 0 Å². The number of aromatic amines is 1. The van der Waals surface area contributed by atoms with Gasteiger partial charge in [0.25, 0.3) is 0 Å². The van der Waals surface area contributed by atoms with Gasteiger partial charge in [0.15, 0.2) is 0 Å². The summed E-state index contributed by atoms with van der Waals surface area (Å²) in [7, 11) is 0. The first-order valence-electron chi connectivity index (χ1n) is 6.70. The van der Waals surface area contributed by atoms with E-state index < -0.39 is 0 Å². The minimum absolute atomic E-state index is 0.190. The molecule has 2 heterocycles. The number of rotatable bonds is 3. The lowest BCUT2D eigenvalue weighted by molar-refractivity contribution is 0.0818. The Labute approximate surface area is 101 Å². The highest BCUT2D eigenvalue weighted by atomic mass is 19.1. The maximum Gasteiger partial charge on any atom is 0.0906 e. The Balaban J connectivity index is 1.74. The summed E-state index contributed by atoms with van der Waals surface area (Å²) in [5.74, 6) is 0.735. The molecule has 3 rings (SSSR count). The van der Waals surface area contributed by atoms with E-state index in [1.807, 2.05) is 6.20 Å². The van der Waals surface area contributed by atoms with Crippen LogP contribution in [0, 0.1) is 5.92 Å². The molecule has 3 nitrogen and oxygen atoms in total. The fraction of sp³-hybridized carbons (Fsp3) is 0.769. The zero-order chi connectivity index (χ0) is 11.7. The molecule has 1 saturated heterocycles. The van der Waals surface area contributed by atoms with E-state index in [9.17, 15) is 4.39 Å². The second kappa shape index (κ2) is 4.77. The number of piperidine rings is 1. The Morgan fingerprint density at radius 2 is 2.41 bits per heavy atom. The summed E-state index contributed by atoms with van der Waals surface area (Å²) in [6.45, 7) is 1.88. The van der Waals surface area contributed by atoms with Crippen molar-refractivity contribution >= 4 is 0 Å². The lowest BCUT2D eigenvalue weighted by Crippen LogP contribution is -2.49. The number of fused-ring (bicyclic) bond motifs is 2. The van der Waals surface area contributed by atoms with Crippen molar-refractivity contribution in [2.75, 3.05) is 19.8 Å². The highest BCUT2D eigenvalue weighted by Crippen LogP contribution is 2.34. The number of likely N-dealkylation sites (tertiary alicyclic amines) is 1. The second-order valence-corrected chi connectivity index (χ2v) is 5.31. The predicted octanol–water partition coefficient (Wildman–Crippen LogP) is 1.95. The van der Waals surface area contributed by atoms with Crippen LogP contribution >= 0.6 is 0 Å². The number of alkyl halides is 1. The first-order valence-corrected chi connectivity index (χ1v) is 6.70. The first-order chi connectivity index (χ1) is 8.38. The van der Waals surface area contributed by atoms with Crippen LogP contribution in [0.5, 0.6) is 0 Å². The monoisotopic (exact) mass is 237 g/mol. The molecule has 1 fully saturated rings.